The van der Waals surface area contributed by atoms with Crippen molar-refractivity contribution in [2.45, 2.75) is 36.1 Å². The van der Waals surface area contributed by atoms with Crippen molar-refractivity contribution in [3.63, 3.8) is 0 Å². The zero-order valence-electron chi connectivity index (χ0n) is 13.8. The van der Waals surface area contributed by atoms with Gasteiger partial charge in [-0.25, -0.2) is 8.42 Å². The van der Waals surface area contributed by atoms with E-state index >= 15 is 0 Å². The number of piperidine rings is 1. The van der Waals surface area contributed by atoms with Crippen LogP contribution in [0.2, 0.25) is 0 Å². The zero-order chi connectivity index (χ0) is 17.0. The second kappa shape index (κ2) is 8.08. The molecule has 2 aromatic heterocycles. The van der Waals surface area contributed by atoms with Crippen molar-refractivity contribution in [3.05, 3.63) is 41.2 Å². The van der Waals surface area contributed by atoms with Crippen LogP contribution in [0.1, 0.15) is 30.4 Å². The lowest BCUT2D eigenvalue weighted by Crippen LogP contribution is -2.38. The lowest BCUT2D eigenvalue weighted by Gasteiger charge is -2.30. The van der Waals surface area contributed by atoms with Gasteiger partial charge in [0, 0.05) is 18.0 Å². The Morgan fingerprint density at radius 3 is 2.71 bits per heavy atom. The molecule has 3 rings (SSSR count). The van der Waals surface area contributed by atoms with Crippen molar-refractivity contribution in [2.75, 3.05) is 18.8 Å². The smallest absolute Gasteiger partial charge is 0.252 e. The van der Waals surface area contributed by atoms with Crippen molar-refractivity contribution in [1.82, 2.24) is 4.31 Å². The van der Waals surface area contributed by atoms with Crippen molar-refractivity contribution in [2.24, 2.45) is 5.92 Å². The Kier molecular flexibility index (Phi) is 6.07. The predicted octanol–water partition coefficient (Wildman–Crippen LogP) is 4.24. The van der Waals surface area contributed by atoms with E-state index in [4.69, 9.17) is 4.42 Å². The minimum Gasteiger partial charge on any atom is -0.468 e. The second-order valence-corrected chi connectivity index (χ2v) is 10.4. The zero-order valence-corrected chi connectivity index (χ0v) is 16.3. The van der Waals surface area contributed by atoms with Gasteiger partial charge in [-0.15, -0.1) is 11.3 Å². The van der Waals surface area contributed by atoms with Crippen LogP contribution >= 0.6 is 23.1 Å². The van der Waals surface area contributed by atoms with Crippen LogP contribution in [0.25, 0.3) is 0 Å². The van der Waals surface area contributed by atoms with E-state index in [2.05, 4.69) is 0 Å². The number of hydrogen-bond donors (Lipinski definition) is 0. The fourth-order valence-corrected chi connectivity index (χ4v) is 6.92. The van der Waals surface area contributed by atoms with E-state index in [1.54, 1.807) is 16.6 Å². The van der Waals surface area contributed by atoms with Gasteiger partial charge in [-0.3, -0.25) is 0 Å². The average molecular weight is 386 g/mol. The monoisotopic (exact) mass is 385 g/mol. The van der Waals surface area contributed by atoms with Crippen LogP contribution in [-0.2, 0) is 22.2 Å². The van der Waals surface area contributed by atoms with E-state index in [0.29, 0.717) is 23.2 Å². The molecule has 0 radical (unpaired) electrons. The van der Waals surface area contributed by atoms with Gasteiger partial charge in [0.25, 0.3) is 10.0 Å². The molecule has 0 saturated carbocycles. The van der Waals surface area contributed by atoms with Crippen molar-refractivity contribution in [3.8, 4) is 0 Å². The average Bonchev–Trinajstić information content (AvgIpc) is 3.27. The fourth-order valence-electron chi connectivity index (χ4n) is 2.85. The lowest BCUT2D eigenvalue weighted by atomic mass is 10.0. The van der Waals surface area contributed by atoms with Crippen LogP contribution in [0.4, 0.5) is 0 Å². The standard InChI is InChI=1S/C17H23NO3S3/c1-2-16-5-6-17(23-16)24(19,20)18-9-7-14(8-10-18)12-22-13-15-4-3-11-21-15/h3-6,11,14H,2,7-10,12-13H2,1H3. The molecule has 0 aromatic carbocycles. The van der Waals surface area contributed by atoms with Gasteiger partial charge >= 0.3 is 0 Å². The van der Waals surface area contributed by atoms with Gasteiger partial charge in [0.2, 0.25) is 0 Å². The molecule has 0 amide bonds. The molecule has 1 aliphatic rings. The molecule has 1 saturated heterocycles. The van der Waals surface area contributed by atoms with Gasteiger partial charge in [0.15, 0.2) is 0 Å². The summed E-state index contributed by atoms with van der Waals surface area (Å²) in [4.78, 5) is 1.12. The molecule has 0 atom stereocenters. The largest absolute Gasteiger partial charge is 0.468 e. The molecule has 24 heavy (non-hydrogen) atoms. The Morgan fingerprint density at radius 2 is 2.08 bits per heavy atom. The molecule has 1 fully saturated rings. The Labute approximate surface area is 152 Å². The summed E-state index contributed by atoms with van der Waals surface area (Å²) in [6.45, 7) is 3.31. The van der Waals surface area contributed by atoms with E-state index in [9.17, 15) is 8.42 Å². The van der Waals surface area contributed by atoms with Crippen molar-refractivity contribution >= 4 is 33.1 Å². The third-order valence-corrected chi connectivity index (χ3v) is 9.12. The highest BCUT2D eigenvalue weighted by molar-refractivity contribution is 7.98. The van der Waals surface area contributed by atoms with E-state index in [-0.39, 0.29) is 0 Å². The molecule has 0 spiro atoms. The Morgan fingerprint density at radius 1 is 1.29 bits per heavy atom. The number of hydrogen-bond acceptors (Lipinski definition) is 5. The molecule has 4 nitrogen and oxygen atoms in total. The molecule has 3 heterocycles. The molecule has 1 aliphatic heterocycles. The lowest BCUT2D eigenvalue weighted by molar-refractivity contribution is 0.291. The topological polar surface area (TPSA) is 50.5 Å². The minimum absolute atomic E-state index is 0.491. The first-order chi connectivity index (χ1) is 11.6. The summed E-state index contributed by atoms with van der Waals surface area (Å²) in [5, 5.41) is 0. The highest BCUT2D eigenvalue weighted by Gasteiger charge is 2.30. The molecular formula is C17H23NO3S3. The molecular weight excluding hydrogens is 362 g/mol. The van der Waals surface area contributed by atoms with Crippen LogP contribution in [0.5, 0.6) is 0 Å². The SMILES string of the molecule is CCc1ccc(S(=O)(=O)N2CCC(CSCc3ccco3)CC2)s1. The van der Waals surface area contributed by atoms with E-state index < -0.39 is 10.0 Å². The summed E-state index contributed by atoms with van der Waals surface area (Å²) >= 11 is 3.27. The van der Waals surface area contributed by atoms with Gasteiger partial charge in [-0.2, -0.15) is 16.1 Å². The van der Waals surface area contributed by atoms with E-state index in [1.807, 2.05) is 36.9 Å². The summed E-state index contributed by atoms with van der Waals surface area (Å²) in [6.07, 6.45) is 4.47. The number of nitrogens with zero attached hydrogens (tertiary/aromatic N) is 1. The number of thioether (sulfide) groups is 1. The first kappa shape index (κ1) is 18.0. The first-order valence-corrected chi connectivity index (χ1v) is 11.7. The fraction of sp³-hybridized carbons (Fsp3) is 0.529. The van der Waals surface area contributed by atoms with Gasteiger partial charge in [0.05, 0.1) is 12.0 Å². The maximum atomic E-state index is 12.7. The number of sulfonamides is 1. The van der Waals surface area contributed by atoms with E-state index in [0.717, 1.165) is 41.4 Å². The van der Waals surface area contributed by atoms with Crippen LogP contribution in [0, 0.1) is 5.92 Å². The highest BCUT2D eigenvalue weighted by Crippen LogP contribution is 2.30. The first-order valence-electron chi connectivity index (χ1n) is 8.28. The van der Waals surface area contributed by atoms with Gasteiger partial charge < -0.3 is 4.42 Å². The van der Waals surface area contributed by atoms with Gasteiger partial charge in [-0.05, 0) is 55.2 Å². The number of thiophene rings is 1. The maximum Gasteiger partial charge on any atom is 0.252 e. The number of rotatable bonds is 7. The summed E-state index contributed by atoms with van der Waals surface area (Å²) in [5.74, 6) is 3.55. The molecule has 0 aliphatic carbocycles. The maximum absolute atomic E-state index is 12.7. The molecule has 7 heteroatoms. The molecule has 2 aromatic rings. The third kappa shape index (κ3) is 4.25. The Hall–Kier alpha value is -0.760. The van der Waals surface area contributed by atoms with Crippen LogP contribution < -0.4 is 0 Å². The van der Waals surface area contributed by atoms with Gasteiger partial charge in [-0.1, -0.05) is 6.92 Å². The number of aryl methyl sites for hydroxylation is 1. The van der Waals surface area contributed by atoms with Crippen LogP contribution in [0.3, 0.4) is 0 Å². The van der Waals surface area contributed by atoms with E-state index in [1.165, 1.54) is 11.3 Å². The summed E-state index contributed by atoms with van der Waals surface area (Å²) in [6, 6.07) is 7.58. The second-order valence-electron chi connectivity index (χ2n) is 6.02. The van der Waals surface area contributed by atoms with Gasteiger partial charge in [0.1, 0.15) is 9.97 Å². The molecule has 0 N–H and O–H groups in total. The third-order valence-electron chi connectivity index (χ3n) is 4.33. The van der Waals surface area contributed by atoms with Crippen LogP contribution in [-0.4, -0.2) is 31.6 Å². The highest BCUT2D eigenvalue weighted by atomic mass is 32.2. The van der Waals surface area contributed by atoms with Crippen molar-refractivity contribution < 1.29 is 12.8 Å². The summed E-state index contributed by atoms with van der Waals surface area (Å²) < 4.78 is 32.9. The molecule has 132 valence electrons. The normalized spacial score (nSPS) is 17.4. The summed E-state index contributed by atoms with van der Waals surface area (Å²) in [5.41, 5.74) is 0. The quantitative estimate of drug-likeness (QED) is 0.715. The number of furan rings is 1. The Balaban J connectivity index is 1.49. The molecule has 0 bridgehead atoms. The Bertz CT molecular complexity index is 729. The summed E-state index contributed by atoms with van der Waals surface area (Å²) in [7, 11) is -3.30. The molecule has 0 unspecified atom stereocenters. The van der Waals surface area contributed by atoms with Crippen molar-refractivity contribution in [1.29, 1.82) is 0 Å². The predicted molar refractivity (Wildman–Crippen MR) is 100 cm³/mol. The van der Waals surface area contributed by atoms with Crippen LogP contribution in [0.15, 0.2) is 39.2 Å². The minimum atomic E-state index is -3.30.